The van der Waals surface area contributed by atoms with Gasteiger partial charge in [0.15, 0.2) is 9.47 Å². The Hall–Kier alpha value is -3.29. The summed E-state index contributed by atoms with van der Waals surface area (Å²) in [6, 6.07) is -1.06. The molecule has 42 heavy (non-hydrogen) atoms. The summed E-state index contributed by atoms with van der Waals surface area (Å²) in [5.41, 5.74) is 4.55. The monoisotopic (exact) mass is 654 g/mol. The molecule has 2 amide bonds. The van der Waals surface area contributed by atoms with Crippen LogP contribution in [0.1, 0.15) is 52.3 Å². The Balaban J connectivity index is 1.37. The third kappa shape index (κ3) is 6.09. The van der Waals surface area contributed by atoms with Crippen molar-refractivity contribution in [2.75, 3.05) is 11.5 Å². The first-order valence-corrected chi connectivity index (χ1v) is 16.2. The van der Waals surface area contributed by atoms with E-state index in [-0.39, 0.29) is 28.1 Å². The molecule has 2 atom stereocenters. The molecule has 0 aromatic carbocycles. The second kappa shape index (κ2) is 11.8. The smallest absolute Gasteiger partial charge is 0.353 e. The zero-order valence-electron chi connectivity index (χ0n) is 22.6. The first-order valence-electron chi connectivity index (χ1n) is 12.6. The molecule has 1 unspecified atom stereocenters. The van der Waals surface area contributed by atoms with Gasteiger partial charge in [0.25, 0.3) is 11.8 Å². The maximum atomic E-state index is 13.5. The fraction of sp³-hybridized carbons (Fsp3) is 0.522. The normalized spacial score (nSPS) is 21.9. The maximum Gasteiger partial charge on any atom is 0.353 e. The summed E-state index contributed by atoms with van der Waals surface area (Å²) in [7, 11) is 0. The number of fused-ring (bicyclic) bond motifs is 1. The highest BCUT2D eigenvalue weighted by molar-refractivity contribution is 8.07. The minimum Gasteiger partial charge on any atom is -0.477 e. The van der Waals surface area contributed by atoms with Crippen molar-refractivity contribution in [3.05, 3.63) is 21.9 Å². The molecule has 2 fully saturated rings. The first kappa shape index (κ1) is 30.2. The van der Waals surface area contributed by atoms with E-state index in [4.69, 9.17) is 15.3 Å². The second-order valence-corrected chi connectivity index (χ2v) is 14.5. The number of esters is 1. The van der Waals surface area contributed by atoms with Gasteiger partial charge in [0.2, 0.25) is 17.1 Å². The molecule has 19 heteroatoms. The minimum absolute atomic E-state index is 0.0682. The number of nitrogens with one attached hydrogen (secondary N) is 1. The predicted molar refractivity (Wildman–Crippen MR) is 154 cm³/mol. The molecule has 2 aliphatic heterocycles. The van der Waals surface area contributed by atoms with Crippen molar-refractivity contribution >= 4 is 81.0 Å². The molecule has 5 rings (SSSR count). The number of carbonyl (C=O) groups is 4. The molecule has 224 valence electrons. The third-order valence-corrected chi connectivity index (χ3v) is 10.2. The quantitative estimate of drug-likeness (QED) is 0.152. The van der Waals surface area contributed by atoms with Gasteiger partial charge in [0.05, 0.1) is 0 Å². The molecular weight excluding hydrogens is 629 g/mol. The molecule has 4 heterocycles. The topological polar surface area (TPSA) is 212 Å². The van der Waals surface area contributed by atoms with Crippen molar-refractivity contribution < 1.29 is 33.9 Å². The lowest BCUT2D eigenvalue weighted by atomic mass is 10.0. The summed E-state index contributed by atoms with van der Waals surface area (Å²) < 4.78 is 10.2. The highest BCUT2D eigenvalue weighted by Crippen LogP contribution is 2.45. The van der Waals surface area contributed by atoms with Crippen molar-refractivity contribution in [1.29, 1.82) is 0 Å². The van der Waals surface area contributed by atoms with E-state index in [1.54, 1.807) is 20.8 Å². The molecule has 1 saturated carbocycles. The number of β-lactam (4-membered cyclic amide) rings is 1. The third-order valence-electron chi connectivity index (χ3n) is 6.34. The summed E-state index contributed by atoms with van der Waals surface area (Å²) in [4.78, 5) is 63.3. The minimum atomic E-state index is -1.40. The Labute approximate surface area is 255 Å². The van der Waals surface area contributed by atoms with Crippen molar-refractivity contribution in [2.24, 2.45) is 5.16 Å². The van der Waals surface area contributed by atoms with E-state index in [9.17, 15) is 24.3 Å². The average molecular weight is 655 g/mol. The zero-order chi connectivity index (χ0) is 30.2. The molecular formula is C23H26N8O7S4. The second-order valence-electron chi connectivity index (χ2n) is 10.4. The van der Waals surface area contributed by atoms with Crippen molar-refractivity contribution in [3.63, 3.8) is 0 Å². The number of carboxylic acid groups (broad SMARTS) is 1. The van der Waals surface area contributed by atoms with E-state index in [1.165, 1.54) is 28.6 Å². The van der Waals surface area contributed by atoms with Gasteiger partial charge in [0, 0.05) is 35.0 Å². The number of rotatable bonds is 9. The number of nitrogens with zero attached hydrogens (tertiary/aromatic N) is 6. The van der Waals surface area contributed by atoms with Crippen LogP contribution in [-0.4, -0.2) is 87.4 Å². The number of aliphatic carboxylic acids is 1. The van der Waals surface area contributed by atoms with E-state index in [1.807, 2.05) is 0 Å². The van der Waals surface area contributed by atoms with Gasteiger partial charge in [-0.15, -0.1) is 22.0 Å². The Morgan fingerprint density at radius 1 is 1.29 bits per heavy atom. The molecule has 0 radical (unpaired) electrons. The Morgan fingerprint density at radius 2 is 2.02 bits per heavy atom. The van der Waals surface area contributed by atoms with Crippen LogP contribution in [0.2, 0.25) is 0 Å². The van der Waals surface area contributed by atoms with Crippen LogP contribution in [0.4, 0.5) is 5.13 Å². The molecule has 15 nitrogen and oxygen atoms in total. The van der Waals surface area contributed by atoms with E-state index in [0.717, 1.165) is 28.2 Å². The van der Waals surface area contributed by atoms with Crippen LogP contribution < -0.4 is 11.1 Å². The van der Waals surface area contributed by atoms with Crippen LogP contribution in [0.3, 0.4) is 0 Å². The highest BCUT2D eigenvalue weighted by Gasteiger charge is 2.55. The lowest BCUT2D eigenvalue weighted by Gasteiger charge is -2.49. The van der Waals surface area contributed by atoms with Gasteiger partial charge in [-0.05, 0) is 33.6 Å². The molecule has 2 aromatic rings. The lowest BCUT2D eigenvalue weighted by molar-refractivity contribution is -0.183. The highest BCUT2D eigenvalue weighted by atomic mass is 32.2. The molecule has 0 spiro atoms. The number of hydrogen-bond acceptors (Lipinski definition) is 16. The Kier molecular flexibility index (Phi) is 8.46. The summed E-state index contributed by atoms with van der Waals surface area (Å²) in [6.07, 6.45) is 2.07. The van der Waals surface area contributed by atoms with Crippen LogP contribution in [0, 0.1) is 0 Å². The van der Waals surface area contributed by atoms with Crippen LogP contribution >= 0.6 is 46.4 Å². The standard InChI is InChI=1S/C23H26N8O7S4/c1-22(2,3)37-19(36)23(6-4-5-7-23)38-29-11(14-27-20(24)42-30-14)15(32)26-12-16(33)31-13(18(34)35)10(8-39-17(12)31)41-21-28-25-9-40-21/h9,12,17H,4-8H2,1-3H3,(H,26,32)(H,34,35)(H2,24,27,30)/t12?,17-/m1/s1. The van der Waals surface area contributed by atoms with Crippen LogP contribution in [0.15, 0.2) is 25.6 Å². The summed E-state index contributed by atoms with van der Waals surface area (Å²) in [5, 5.41) is 23.6. The van der Waals surface area contributed by atoms with Gasteiger partial charge in [-0.3, -0.25) is 14.5 Å². The number of oxime groups is 1. The molecule has 3 aliphatic rings. The zero-order valence-corrected chi connectivity index (χ0v) is 25.8. The van der Waals surface area contributed by atoms with E-state index in [0.29, 0.717) is 34.9 Å². The fourth-order valence-corrected chi connectivity index (χ4v) is 8.04. The number of ether oxygens (including phenoxy) is 1. The van der Waals surface area contributed by atoms with Crippen LogP contribution in [-0.2, 0) is 28.8 Å². The number of carboxylic acids is 1. The molecule has 1 saturated heterocycles. The number of carbonyl (C=O) groups excluding carboxylic acids is 3. The van der Waals surface area contributed by atoms with Crippen molar-refractivity contribution in [3.8, 4) is 0 Å². The Bertz CT molecular complexity index is 1460. The van der Waals surface area contributed by atoms with Gasteiger partial charge in [0.1, 0.15) is 28.2 Å². The first-order chi connectivity index (χ1) is 19.9. The van der Waals surface area contributed by atoms with Crippen LogP contribution in [0.25, 0.3) is 0 Å². The van der Waals surface area contributed by atoms with E-state index < -0.39 is 46.4 Å². The van der Waals surface area contributed by atoms with E-state index >= 15 is 0 Å². The molecule has 2 aromatic heterocycles. The van der Waals surface area contributed by atoms with Crippen LogP contribution in [0.5, 0.6) is 0 Å². The van der Waals surface area contributed by atoms with Gasteiger partial charge >= 0.3 is 11.9 Å². The number of aromatic nitrogens is 4. The van der Waals surface area contributed by atoms with Gasteiger partial charge < -0.3 is 25.7 Å². The molecule has 1 aliphatic carbocycles. The van der Waals surface area contributed by atoms with E-state index in [2.05, 4.69) is 30.0 Å². The molecule has 0 bridgehead atoms. The van der Waals surface area contributed by atoms with Gasteiger partial charge in [-0.25, -0.2) is 9.59 Å². The summed E-state index contributed by atoms with van der Waals surface area (Å²) >= 11 is 4.51. The number of anilines is 1. The number of amides is 2. The average Bonchev–Trinajstić information content (AvgIpc) is 3.69. The largest absolute Gasteiger partial charge is 0.477 e. The molecule has 4 N–H and O–H groups in total. The van der Waals surface area contributed by atoms with Crippen molar-refractivity contribution in [2.45, 2.75) is 73.4 Å². The fourth-order valence-electron chi connectivity index (χ4n) is 4.49. The number of nitrogen functional groups attached to an aromatic ring is 1. The number of hydrogen-bond donors (Lipinski definition) is 3. The van der Waals surface area contributed by atoms with Gasteiger partial charge in [-0.1, -0.05) is 28.3 Å². The summed E-state index contributed by atoms with van der Waals surface area (Å²) in [6.45, 7) is 5.22. The van der Waals surface area contributed by atoms with Gasteiger partial charge in [-0.2, -0.15) is 9.36 Å². The predicted octanol–water partition coefficient (Wildman–Crippen LogP) is 1.84. The lowest BCUT2D eigenvalue weighted by Crippen LogP contribution is -2.71. The number of thioether (sulfide) groups is 2. The number of nitrogens with two attached hydrogens (primary N) is 1. The Morgan fingerprint density at radius 3 is 2.62 bits per heavy atom. The maximum absolute atomic E-state index is 13.5. The summed E-state index contributed by atoms with van der Waals surface area (Å²) in [5.74, 6) is -3.19. The SMILES string of the molecule is CC(C)(C)OC(=O)C1(ON=C(C(=O)NC2C(=O)N3C(C(=O)O)=C(Sc4nncs4)CS[C@H]23)c2nsc(N)n2)CCCC1. The van der Waals surface area contributed by atoms with Crippen molar-refractivity contribution in [1.82, 2.24) is 29.8 Å².